The quantitative estimate of drug-likeness (QED) is 0.188. The average Bonchev–Trinajstić information content (AvgIpc) is 2.63. The van der Waals surface area contributed by atoms with E-state index in [1.807, 2.05) is 0 Å². The first-order chi connectivity index (χ1) is 12.3. The standard InChI is InChI=1S/C18H37NO6/c1-20-12-15-23-10-6-4-8-18(19-25-17-14-22-3)9-5-7-11-24-16-13-21-2/h4-17H2,1-3H3. The third-order valence-electron chi connectivity index (χ3n) is 3.44. The summed E-state index contributed by atoms with van der Waals surface area (Å²) in [7, 11) is 5.01. The zero-order valence-electron chi connectivity index (χ0n) is 16.3. The molecule has 0 radical (unpaired) electrons. The predicted molar refractivity (Wildman–Crippen MR) is 98.4 cm³/mol. The molecule has 0 aromatic carbocycles. The molecule has 0 rings (SSSR count). The molecule has 0 atom stereocenters. The Balaban J connectivity index is 3.82. The molecule has 0 saturated heterocycles. The fourth-order valence-corrected chi connectivity index (χ4v) is 2.03. The zero-order chi connectivity index (χ0) is 18.4. The summed E-state index contributed by atoms with van der Waals surface area (Å²) >= 11 is 0. The minimum atomic E-state index is 0.486. The van der Waals surface area contributed by atoms with Gasteiger partial charge in [0.15, 0.2) is 0 Å². The molecule has 0 aromatic rings. The molecule has 0 unspecified atom stereocenters. The SMILES string of the molecule is COCCOCCCCC(CCCCOCCOC)=NOCCOC. The van der Waals surface area contributed by atoms with Crippen LogP contribution in [0.4, 0.5) is 0 Å². The third-order valence-corrected chi connectivity index (χ3v) is 3.44. The molecule has 0 aromatic heterocycles. The van der Waals surface area contributed by atoms with Crippen LogP contribution in [0.2, 0.25) is 0 Å². The van der Waals surface area contributed by atoms with Gasteiger partial charge in [-0.05, 0) is 38.5 Å². The lowest BCUT2D eigenvalue weighted by Crippen LogP contribution is -2.07. The predicted octanol–water partition coefficient (Wildman–Crippen LogP) is 2.67. The molecule has 0 N–H and O–H groups in total. The van der Waals surface area contributed by atoms with E-state index in [4.69, 9.17) is 28.5 Å². The second-order valence-corrected chi connectivity index (χ2v) is 5.61. The lowest BCUT2D eigenvalue weighted by Gasteiger charge is -2.08. The Morgan fingerprint density at radius 1 is 0.560 bits per heavy atom. The molecular formula is C18H37NO6. The number of ether oxygens (including phenoxy) is 5. The highest BCUT2D eigenvalue weighted by Gasteiger charge is 2.02. The van der Waals surface area contributed by atoms with E-state index in [-0.39, 0.29) is 0 Å². The van der Waals surface area contributed by atoms with E-state index in [1.54, 1.807) is 21.3 Å². The fraction of sp³-hybridized carbons (Fsp3) is 0.944. The summed E-state index contributed by atoms with van der Waals surface area (Å²) in [5.74, 6) is 0. The summed E-state index contributed by atoms with van der Waals surface area (Å²) in [6.45, 7) is 5.15. The molecule has 0 aliphatic heterocycles. The lowest BCUT2D eigenvalue weighted by molar-refractivity contribution is 0.0679. The van der Waals surface area contributed by atoms with Gasteiger partial charge in [-0.3, -0.25) is 0 Å². The van der Waals surface area contributed by atoms with Crippen LogP contribution in [0.3, 0.4) is 0 Å². The van der Waals surface area contributed by atoms with Gasteiger partial charge in [-0.1, -0.05) is 5.16 Å². The van der Waals surface area contributed by atoms with Crippen molar-refractivity contribution in [2.24, 2.45) is 5.16 Å². The van der Waals surface area contributed by atoms with Crippen molar-refractivity contribution in [3.63, 3.8) is 0 Å². The van der Waals surface area contributed by atoms with Crippen LogP contribution in [0.15, 0.2) is 5.16 Å². The molecule has 0 aliphatic rings. The molecule has 0 amide bonds. The third kappa shape index (κ3) is 19.4. The van der Waals surface area contributed by atoms with Crippen LogP contribution in [0.1, 0.15) is 38.5 Å². The molecule has 0 saturated carbocycles. The minimum Gasteiger partial charge on any atom is -0.393 e. The molecule has 0 fully saturated rings. The van der Waals surface area contributed by atoms with Crippen molar-refractivity contribution in [3.05, 3.63) is 0 Å². The van der Waals surface area contributed by atoms with E-state index in [1.165, 1.54) is 0 Å². The maximum absolute atomic E-state index is 5.47. The van der Waals surface area contributed by atoms with E-state index >= 15 is 0 Å². The highest BCUT2D eigenvalue weighted by atomic mass is 16.6. The van der Waals surface area contributed by atoms with Crippen LogP contribution < -0.4 is 0 Å². The highest BCUT2D eigenvalue weighted by Crippen LogP contribution is 2.07. The van der Waals surface area contributed by atoms with Crippen molar-refractivity contribution in [3.8, 4) is 0 Å². The summed E-state index contributed by atoms with van der Waals surface area (Å²) in [5.41, 5.74) is 1.10. The van der Waals surface area contributed by atoms with Gasteiger partial charge in [0.1, 0.15) is 6.61 Å². The summed E-state index contributed by atoms with van der Waals surface area (Å²) in [6, 6.07) is 0. The molecule has 0 spiro atoms. The average molecular weight is 363 g/mol. The summed E-state index contributed by atoms with van der Waals surface area (Å²) in [6.07, 6.45) is 5.99. The number of unbranched alkanes of at least 4 members (excludes halogenated alkanes) is 2. The molecule has 150 valence electrons. The van der Waals surface area contributed by atoms with Gasteiger partial charge in [-0.2, -0.15) is 0 Å². The second-order valence-electron chi connectivity index (χ2n) is 5.61. The molecule has 0 bridgehead atoms. The number of rotatable bonds is 20. The smallest absolute Gasteiger partial charge is 0.140 e. The number of methoxy groups -OCH3 is 3. The Labute approximate surface area is 152 Å². The molecular weight excluding hydrogens is 326 g/mol. The van der Waals surface area contributed by atoms with Gasteiger partial charge in [-0.25, -0.2) is 0 Å². The molecule has 0 heterocycles. The normalized spacial score (nSPS) is 10.8. The second kappa shape index (κ2) is 21.3. The maximum atomic E-state index is 5.47. The van der Waals surface area contributed by atoms with Crippen LogP contribution in [0, 0.1) is 0 Å². The van der Waals surface area contributed by atoms with E-state index in [0.717, 1.165) is 57.5 Å². The van der Waals surface area contributed by atoms with Crippen molar-refractivity contribution in [2.75, 3.05) is 74.2 Å². The van der Waals surface area contributed by atoms with Crippen molar-refractivity contribution in [1.82, 2.24) is 0 Å². The molecule has 7 heteroatoms. The van der Waals surface area contributed by atoms with Gasteiger partial charge in [0.05, 0.1) is 38.7 Å². The van der Waals surface area contributed by atoms with E-state index in [9.17, 15) is 0 Å². The Hall–Kier alpha value is -0.730. The zero-order valence-corrected chi connectivity index (χ0v) is 16.3. The maximum Gasteiger partial charge on any atom is 0.140 e. The van der Waals surface area contributed by atoms with E-state index in [2.05, 4.69) is 5.16 Å². The monoisotopic (exact) mass is 363 g/mol. The van der Waals surface area contributed by atoms with Crippen LogP contribution in [0.25, 0.3) is 0 Å². The van der Waals surface area contributed by atoms with Crippen molar-refractivity contribution in [1.29, 1.82) is 0 Å². The number of hydrogen-bond donors (Lipinski definition) is 0. The first-order valence-corrected chi connectivity index (χ1v) is 9.15. The number of nitrogens with zero attached hydrogens (tertiary/aromatic N) is 1. The summed E-state index contributed by atoms with van der Waals surface area (Å²) < 4.78 is 25.8. The van der Waals surface area contributed by atoms with Gasteiger partial charge in [0, 0.05) is 34.5 Å². The topological polar surface area (TPSA) is 67.7 Å². The van der Waals surface area contributed by atoms with Gasteiger partial charge in [0.25, 0.3) is 0 Å². The van der Waals surface area contributed by atoms with Gasteiger partial charge < -0.3 is 28.5 Å². The van der Waals surface area contributed by atoms with Crippen LogP contribution in [-0.2, 0) is 28.5 Å². The Morgan fingerprint density at radius 3 is 1.52 bits per heavy atom. The van der Waals surface area contributed by atoms with Crippen LogP contribution in [0.5, 0.6) is 0 Å². The number of oxime groups is 1. The van der Waals surface area contributed by atoms with Crippen LogP contribution in [-0.4, -0.2) is 79.9 Å². The van der Waals surface area contributed by atoms with Crippen LogP contribution >= 0.6 is 0 Å². The van der Waals surface area contributed by atoms with E-state index < -0.39 is 0 Å². The first kappa shape index (κ1) is 24.3. The largest absolute Gasteiger partial charge is 0.393 e. The Bertz CT molecular complexity index is 269. The minimum absolute atomic E-state index is 0.486. The Kier molecular flexibility index (Phi) is 20.7. The van der Waals surface area contributed by atoms with Crippen molar-refractivity contribution in [2.45, 2.75) is 38.5 Å². The molecule has 7 nitrogen and oxygen atoms in total. The van der Waals surface area contributed by atoms with Gasteiger partial charge in [0.2, 0.25) is 0 Å². The van der Waals surface area contributed by atoms with Crippen molar-refractivity contribution >= 4 is 5.71 Å². The fourth-order valence-electron chi connectivity index (χ4n) is 2.03. The first-order valence-electron chi connectivity index (χ1n) is 9.15. The summed E-state index contributed by atoms with van der Waals surface area (Å²) in [4.78, 5) is 5.32. The van der Waals surface area contributed by atoms with Gasteiger partial charge >= 0.3 is 0 Å². The number of hydrogen-bond acceptors (Lipinski definition) is 7. The molecule has 0 aliphatic carbocycles. The summed E-state index contributed by atoms with van der Waals surface area (Å²) in [5, 5.41) is 4.27. The Morgan fingerprint density at radius 2 is 1.04 bits per heavy atom. The van der Waals surface area contributed by atoms with E-state index in [0.29, 0.717) is 39.6 Å². The van der Waals surface area contributed by atoms with Crippen molar-refractivity contribution < 1.29 is 28.5 Å². The highest BCUT2D eigenvalue weighted by molar-refractivity contribution is 5.83. The van der Waals surface area contributed by atoms with Gasteiger partial charge in [-0.15, -0.1) is 0 Å². The lowest BCUT2D eigenvalue weighted by atomic mass is 10.1. The molecule has 25 heavy (non-hydrogen) atoms.